The van der Waals surface area contributed by atoms with Crippen molar-refractivity contribution in [3.63, 3.8) is 0 Å². The van der Waals surface area contributed by atoms with Crippen LogP contribution >= 0.6 is 23.2 Å². The number of para-hydroxylation sites is 1. The lowest BCUT2D eigenvalue weighted by molar-refractivity contribution is 0.0685. The molecule has 5 rings (SSSR count). The quantitative estimate of drug-likeness (QED) is 0.458. The Morgan fingerprint density at radius 1 is 0.944 bits per heavy atom. The molecule has 1 aromatic heterocycles. The van der Waals surface area contributed by atoms with E-state index >= 15 is 0 Å². The molecule has 0 spiro atoms. The summed E-state index contributed by atoms with van der Waals surface area (Å²) < 4.78 is 33.1. The zero-order chi connectivity index (χ0) is 25.4. The molecule has 3 aromatic rings. The van der Waals surface area contributed by atoms with Gasteiger partial charge in [0, 0.05) is 59.2 Å². The van der Waals surface area contributed by atoms with E-state index in [-0.39, 0.29) is 32.1 Å². The molecular formula is C25H28Cl2N4O4S. The zero-order valence-corrected chi connectivity index (χ0v) is 22.0. The molecule has 0 saturated carbocycles. The number of hydrogen-bond acceptors (Lipinski definition) is 4. The van der Waals surface area contributed by atoms with Gasteiger partial charge in [-0.3, -0.25) is 14.2 Å². The number of fused-ring (bicyclic) bond motifs is 1. The van der Waals surface area contributed by atoms with Crippen molar-refractivity contribution in [3.8, 4) is 0 Å². The van der Waals surface area contributed by atoms with Crippen LogP contribution in [0.15, 0.2) is 42.5 Å². The van der Waals surface area contributed by atoms with Crippen molar-refractivity contribution in [1.29, 1.82) is 0 Å². The van der Waals surface area contributed by atoms with Crippen molar-refractivity contribution in [2.45, 2.75) is 25.3 Å². The van der Waals surface area contributed by atoms with Gasteiger partial charge >= 0.3 is 10.3 Å². The van der Waals surface area contributed by atoms with Gasteiger partial charge in [0.2, 0.25) is 0 Å². The van der Waals surface area contributed by atoms with Crippen LogP contribution in [0.5, 0.6) is 0 Å². The summed E-state index contributed by atoms with van der Waals surface area (Å²) in [4.78, 5) is 20.8. The molecule has 0 radical (unpaired) electrons. The summed E-state index contributed by atoms with van der Waals surface area (Å²) in [7, 11) is -4.25. The molecule has 3 heterocycles. The summed E-state index contributed by atoms with van der Waals surface area (Å²) in [5, 5.41) is 2.42. The second-order valence-electron chi connectivity index (χ2n) is 9.38. The van der Waals surface area contributed by atoms with E-state index < -0.39 is 10.3 Å². The number of amides is 1. The zero-order valence-electron chi connectivity index (χ0n) is 19.7. The summed E-state index contributed by atoms with van der Waals surface area (Å²) in [6.07, 6.45) is 1.85. The Bertz CT molecular complexity index is 1360. The number of piperazine rings is 1. The number of hydrogen-bond donors (Lipinski definition) is 2. The summed E-state index contributed by atoms with van der Waals surface area (Å²) in [5.74, 6) is 0.138. The average Bonchev–Trinajstić information content (AvgIpc) is 3.22. The molecule has 1 amide bonds. The maximum absolute atomic E-state index is 13.5. The Morgan fingerprint density at radius 2 is 1.58 bits per heavy atom. The lowest BCUT2D eigenvalue weighted by Gasteiger charge is -2.34. The van der Waals surface area contributed by atoms with Crippen LogP contribution in [0.3, 0.4) is 0 Å². The third kappa shape index (κ3) is 5.14. The minimum atomic E-state index is -4.25. The lowest BCUT2D eigenvalue weighted by atomic mass is 9.89. The number of aromatic amines is 1. The minimum Gasteiger partial charge on any atom is -0.350 e. The van der Waals surface area contributed by atoms with Gasteiger partial charge in [0.15, 0.2) is 0 Å². The van der Waals surface area contributed by atoms with E-state index in [4.69, 9.17) is 23.2 Å². The highest BCUT2D eigenvalue weighted by Crippen LogP contribution is 2.38. The average molecular weight is 551 g/mol. The first-order chi connectivity index (χ1) is 17.2. The molecule has 0 aliphatic carbocycles. The fourth-order valence-corrected chi connectivity index (χ4v) is 6.66. The first kappa shape index (κ1) is 25.5. The number of rotatable bonds is 5. The van der Waals surface area contributed by atoms with Gasteiger partial charge in [0.1, 0.15) is 5.69 Å². The Morgan fingerprint density at radius 3 is 2.22 bits per heavy atom. The van der Waals surface area contributed by atoms with Crippen molar-refractivity contribution >= 4 is 50.3 Å². The number of benzene rings is 2. The van der Waals surface area contributed by atoms with Crippen LogP contribution in [0.1, 0.15) is 40.4 Å². The van der Waals surface area contributed by atoms with Gasteiger partial charge in [-0.25, -0.2) is 0 Å². The van der Waals surface area contributed by atoms with E-state index in [1.54, 1.807) is 4.90 Å². The maximum Gasteiger partial charge on any atom is 0.336 e. The van der Waals surface area contributed by atoms with Crippen LogP contribution in [0.4, 0.5) is 0 Å². The second kappa shape index (κ2) is 10.3. The van der Waals surface area contributed by atoms with E-state index in [1.165, 1.54) is 0 Å². The van der Waals surface area contributed by atoms with Gasteiger partial charge in [-0.15, -0.1) is 0 Å². The molecule has 2 aliphatic rings. The Kier molecular flexibility index (Phi) is 7.31. The molecule has 0 unspecified atom stereocenters. The predicted molar refractivity (Wildman–Crippen MR) is 141 cm³/mol. The fraction of sp³-hybridized carbons (Fsp3) is 0.400. The first-order valence-electron chi connectivity index (χ1n) is 12.0. The van der Waals surface area contributed by atoms with Crippen molar-refractivity contribution in [2.75, 3.05) is 39.3 Å². The van der Waals surface area contributed by atoms with Crippen LogP contribution in [0.25, 0.3) is 10.9 Å². The van der Waals surface area contributed by atoms with Gasteiger partial charge < -0.3 is 9.88 Å². The highest BCUT2D eigenvalue weighted by Gasteiger charge is 2.31. The monoisotopic (exact) mass is 550 g/mol. The number of nitrogens with one attached hydrogen (secondary N) is 1. The summed E-state index contributed by atoms with van der Waals surface area (Å²) in [5.41, 5.74) is 3.40. The van der Waals surface area contributed by atoms with Crippen molar-refractivity contribution in [3.05, 3.63) is 69.3 Å². The molecule has 0 atom stereocenters. The fourth-order valence-electron chi connectivity index (χ4n) is 5.33. The number of halogens is 2. The maximum atomic E-state index is 13.5. The van der Waals surface area contributed by atoms with E-state index in [1.807, 2.05) is 42.5 Å². The molecule has 2 N–H and O–H groups in total. The predicted octanol–water partition coefficient (Wildman–Crippen LogP) is 4.41. The molecule has 192 valence electrons. The van der Waals surface area contributed by atoms with Crippen molar-refractivity contribution in [2.24, 2.45) is 0 Å². The van der Waals surface area contributed by atoms with Crippen molar-refractivity contribution in [1.82, 2.24) is 19.1 Å². The number of piperidine rings is 1. The lowest BCUT2D eigenvalue weighted by Crippen LogP contribution is -2.50. The van der Waals surface area contributed by atoms with E-state index in [0.717, 1.165) is 52.3 Å². The largest absolute Gasteiger partial charge is 0.350 e. The molecule has 0 bridgehead atoms. The summed E-state index contributed by atoms with van der Waals surface area (Å²) >= 11 is 12.9. The number of likely N-dealkylation sites (tertiary alicyclic amines) is 1. The Labute approximate surface area is 220 Å². The molecule has 2 aliphatic heterocycles. The summed E-state index contributed by atoms with van der Waals surface area (Å²) in [6, 6.07) is 13.5. The number of nitrogens with zero attached hydrogens (tertiary/aromatic N) is 3. The van der Waals surface area contributed by atoms with Gasteiger partial charge in [0.25, 0.3) is 5.91 Å². The van der Waals surface area contributed by atoms with Gasteiger partial charge in [-0.05, 0) is 55.6 Å². The standard InChI is InChI=1S/C25H28Cl2N4O4S/c26-20-5-3-6-21(27)23(20)17-8-10-29(11-9-17)16-19-18-4-1-2-7-22(18)28-24(19)25(32)30-12-14-31(15-13-30)36(33,34)35/h1-7,17,28H,8-16H2,(H,33,34,35). The molecule has 36 heavy (non-hydrogen) atoms. The van der Waals surface area contributed by atoms with Gasteiger partial charge in [0.05, 0.1) is 0 Å². The number of carbonyl (C=O) groups is 1. The highest BCUT2D eigenvalue weighted by molar-refractivity contribution is 7.83. The topological polar surface area (TPSA) is 97.0 Å². The first-order valence-corrected chi connectivity index (χ1v) is 14.2. The van der Waals surface area contributed by atoms with Crippen LogP contribution in [0, 0.1) is 0 Å². The van der Waals surface area contributed by atoms with E-state index in [9.17, 15) is 17.8 Å². The molecule has 2 saturated heterocycles. The van der Waals surface area contributed by atoms with Crippen molar-refractivity contribution < 1.29 is 17.8 Å². The van der Waals surface area contributed by atoms with Crippen LogP contribution < -0.4 is 0 Å². The highest BCUT2D eigenvalue weighted by atomic mass is 35.5. The van der Waals surface area contributed by atoms with E-state index in [2.05, 4.69) is 9.88 Å². The van der Waals surface area contributed by atoms with Crippen LogP contribution in [0.2, 0.25) is 10.0 Å². The smallest absolute Gasteiger partial charge is 0.336 e. The van der Waals surface area contributed by atoms with Crippen LogP contribution in [-0.4, -0.2) is 77.2 Å². The minimum absolute atomic E-state index is 0.0677. The second-order valence-corrected chi connectivity index (χ2v) is 11.6. The van der Waals surface area contributed by atoms with Crippen LogP contribution in [-0.2, 0) is 16.8 Å². The number of carbonyl (C=O) groups excluding carboxylic acids is 1. The third-order valence-electron chi connectivity index (χ3n) is 7.26. The summed E-state index contributed by atoms with van der Waals surface area (Å²) in [6.45, 7) is 2.91. The SMILES string of the molecule is O=C(c1[nH]c2ccccc2c1CN1CCC(c2c(Cl)cccc2Cl)CC1)N1CCN(S(=O)(=O)O)CC1. The molecule has 8 nitrogen and oxygen atoms in total. The Hall–Kier alpha value is -2.14. The number of H-pyrrole nitrogens is 1. The molecule has 2 aromatic carbocycles. The molecule has 11 heteroatoms. The molecular weight excluding hydrogens is 523 g/mol. The molecule has 2 fully saturated rings. The third-order valence-corrected chi connectivity index (χ3v) is 8.93. The van der Waals surface area contributed by atoms with Gasteiger partial charge in [-0.1, -0.05) is 47.5 Å². The van der Waals surface area contributed by atoms with E-state index in [0.29, 0.717) is 28.2 Å². The van der Waals surface area contributed by atoms with Gasteiger partial charge in [-0.2, -0.15) is 12.7 Å². The Balaban J connectivity index is 1.33. The number of aromatic nitrogens is 1. The normalized spacial score (nSPS) is 18.7.